The molecule has 0 aliphatic heterocycles. The number of nitrogens with one attached hydrogen (secondary N) is 1. The fourth-order valence-corrected chi connectivity index (χ4v) is 3.21. The molecule has 0 bridgehead atoms. The zero-order chi connectivity index (χ0) is 20.4. The lowest BCUT2D eigenvalue weighted by Gasteiger charge is -2.13. The Labute approximate surface area is 165 Å². The summed E-state index contributed by atoms with van der Waals surface area (Å²) in [5.74, 6) is -0.272. The van der Waals surface area contributed by atoms with Gasteiger partial charge in [0.05, 0.1) is 11.1 Å². The first-order valence-electron chi connectivity index (χ1n) is 8.91. The Hall–Kier alpha value is -4.13. The smallest absolute Gasteiger partial charge is 0.279 e. The summed E-state index contributed by atoms with van der Waals surface area (Å²) in [5.41, 5.74) is 1.72. The van der Waals surface area contributed by atoms with Gasteiger partial charge in [-0.2, -0.15) is 9.78 Å². The highest BCUT2D eigenvalue weighted by molar-refractivity contribution is 5.94. The third-order valence-corrected chi connectivity index (χ3v) is 4.47. The Bertz CT molecular complexity index is 1300. The molecule has 0 fully saturated rings. The molecule has 1 amide bonds. The van der Waals surface area contributed by atoms with Crippen LogP contribution in [0.4, 0.5) is 11.4 Å². The maximum absolute atomic E-state index is 13.2. The highest BCUT2D eigenvalue weighted by Crippen LogP contribution is 2.29. The van der Waals surface area contributed by atoms with Crippen LogP contribution in [0.2, 0.25) is 0 Å². The number of nitroso groups, excluding NO2 is 1. The molecule has 1 aromatic heterocycles. The van der Waals surface area contributed by atoms with Crippen LogP contribution in [-0.2, 0) is 4.79 Å². The highest BCUT2D eigenvalue weighted by atomic mass is 16.3. The molecule has 142 valence electrons. The minimum atomic E-state index is -0.384. The van der Waals surface area contributed by atoms with Gasteiger partial charge in [-0.1, -0.05) is 48.5 Å². The van der Waals surface area contributed by atoms with E-state index in [2.05, 4.69) is 15.6 Å². The van der Waals surface area contributed by atoms with E-state index in [0.717, 1.165) is 10.2 Å². The first-order valence-corrected chi connectivity index (χ1v) is 8.91. The van der Waals surface area contributed by atoms with Crippen molar-refractivity contribution in [3.8, 4) is 16.9 Å². The molecule has 4 rings (SSSR count). The van der Waals surface area contributed by atoms with Crippen LogP contribution in [0.1, 0.15) is 6.92 Å². The van der Waals surface area contributed by atoms with Gasteiger partial charge in [0.15, 0.2) is 0 Å². The zero-order valence-corrected chi connectivity index (χ0v) is 15.5. The number of anilines is 1. The Balaban J connectivity index is 2.05. The molecule has 0 aliphatic rings. The minimum absolute atomic E-state index is 0.0444. The molecule has 29 heavy (non-hydrogen) atoms. The monoisotopic (exact) mass is 384 g/mol. The van der Waals surface area contributed by atoms with Gasteiger partial charge in [-0.3, -0.25) is 9.59 Å². The number of aromatic nitrogens is 2. The second kappa shape index (κ2) is 7.47. The second-order valence-corrected chi connectivity index (χ2v) is 6.45. The largest absolute Gasteiger partial charge is 0.326 e. The van der Waals surface area contributed by atoms with Crippen molar-refractivity contribution in [2.24, 2.45) is 5.18 Å². The van der Waals surface area contributed by atoms with E-state index >= 15 is 0 Å². The number of carbonyl (C=O) groups excluding carboxylic acids is 1. The number of rotatable bonds is 4. The summed E-state index contributed by atoms with van der Waals surface area (Å²) in [6.07, 6.45) is 0. The number of nitrogens with zero attached hydrogens (tertiary/aromatic N) is 3. The summed E-state index contributed by atoms with van der Waals surface area (Å²) in [6.45, 7) is 1.37. The average molecular weight is 384 g/mol. The molecular formula is C22H16N4O3. The molecule has 0 unspecified atom stereocenters. The normalized spacial score (nSPS) is 10.7. The van der Waals surface area contributed by atoms with Gasteiger partial charge in [0.25, 0.3) is 5.56 Å². The molecule has 0 radical (unpaired) electrons. The fraction of sp³-hybridized carbons (Fsp3) is 0.0455. The topological polar surface area (TPSA) is 93.4 Å². The first kappa shape index (κ1) is 18.2. The Morgan fingerprint density at radius 3 is 2.34 bits per heavy atom. The van der Waals surface area contributed by atoms with Gasteiger partial charge in [-0.05, 0) is 29.4 Å². The summed E-state index contributed by atoms with van der Waals surface area (Å²) in [7, 11) is 0. The SMILES string of the molecule is CC(=O)Nc1ccc(N=O)c(-n2nc(-c3ccccc3)c3ccccc3c2=O)c1. The van der Waals surface area contributed by atoms with Crippen LogP contribution in [0.25, 0.3) is 27.7 Å². The quantitative estimate of drug-likeness (QED) is 0.528. The third-order valence-electron chi connectivity index (χ3n) is 4.47. The lowest BCUT2D eigenvalue weighted by atomic mass is 10.1. The number of hydrogen-bond donors (Lipinski definition) is 1. The van der Waals surface area contributed by atoms with Crippen LogP contribution in [0, 0.1) is 4.91 Å². The minimum Gasteiger partial charge on any atom is -0.326 e. The number of hydrogen-bond acceptors (Lipinski definition) is 5. The van der Waals surface area contributed by atoms with Crippen molar-refractivity contribution in [3.63, 3.8) is 0 Å². The molecule has 0 aliphatic carbocycles. The Morgan fingerprint density at radius 1 is 0.966 bits per heavy atom. The van der Waals surface area contributed by atoms with Crippen LogP contribution in [0.3, 0.4) is 0 Å². The van der Waals surface area contributed by atoms with Crippen LogP contribution in [0.15, 0.2) is 82.8 Å². The Kier molecular flexibility index (Phi) is 4.70. The van der Waals surface area contributed by atoms with Crippen molar-refractivity contribution >= 4 is 28.1 Å². The van der Waals surface area contributed by atoms with E-state index in [1.165, 1.54) is 19.1 Å². The van der Waals surface area contributed by atoms with Gasteiger partial charge < -0.3 is 5.32 Å². The van der Waals surface area contributed by atoms with E-state index in [1.807, 2.05) is 42.5 Å². The summed E-state index contributed by atoms with van der Waals surface area (Å²) < 4.78 is 1.16. The molecule has 0 saturated heterocycles. The van der Waals surface area contributed by atoms with Gasteiger partial charge in [0.1, 0.15) is 11.4 Å². The number of amides is 1. The lowest BCUT2D eigenvalue weighted by Crippen LogP contribution is -2.22. The van der Waals surface area contributed by atoms with E-state index in [-0.39, 0.29) is 22.8 Å². The molecule has 0 atom stereocenters. The summed E-state index contributed by atoms with van der Waals surface area (Å²) >= 11 is 0. The van der Waals surface area contributed by atoms with Gasteiger partial charge in [-0.15, -0.1) is 4.91 Å². The lowest BCUT2D eigenvalue weighted by molar-refractivity contribution is -0.114. The first-order chi connectivity index (χ1) is 14.1. The van der Waals surface area contributed by atoms with E-state index in [1.54, 1.807) is 18.2 Å². The van der Waals surface area contributed by atoms with Crippen molar-refractivity contribution in [2.45, 2.75) is 6.92 Å². The van der Waals surface area contributed by atoms with E-state index in [4.69, 9.17) is 0 Å². The zero-order valence-electron chi connectivity index (χ0n) is 15.5. The van der Waals surface area contributed by atoms with Crippen molar-refractivity contribution in [3.05, 3.63) is 88.1 Å². The predicted molar refractivity (Wildman–Crippen MR) is 113 cm³/mol. The van der Waals surface area contributed by atoms with Gasteiger partial charge in [-0.25, -0.2) is 0 Å². The van der Waals surface area contributed by atoms with Crippen LogP contribution in [0.5, 0.6) is 0 Å². The number of fused-ring (bicyclic) bond motifs is 1. The van der Waals surface area contributed by atoms with Crippen molar-refractivity contribution in [2.75, 3.05) is 5.32 Å². The van der Waals surface area contributed by atoms with Crippen LogP contribution >= 0.6 is 0 Å². The average Bonchev–Trinajstić information content (AvgIpc) is 2.74. The van der Waals surface area contributed by atoms with E-state index in [0.29, 0.717) is 22.2 Å². The molecule has 3 aromatic carbocycles. The van der Waals surface area contributed by atoms with E-state index in [9.17, 15) is 14.5 Å². The molecule has 0 saturated carbocycles. The highest BCUT2D eigenvalue weighted by Gasteiger charge is 2.16. The molecule has 1 heterocycles. The summed E-state index contributed by atoms with van der Waals surface area (Å²) in [4.78, 5) is 36.0. The maximum atomic E-state index is 13.2. The molecule has 4 aromatic rings. The van der Waals surface area contributed by atoms with Crippen molar-refractivity contribution in [1.82, 2.24) is 9.78 Å². The molecule has 7 heteroatoms. The molecule has 1 N–H and O–H groups in total. The van der Waals surface area contributed by atoms with Crippen molar-refractivity contribution < 1.29 is 4.79 Å². The van der Waals surface area contributed by atoms with Gasteiger partial charge in [0.2, 0.25) is 5.91 Å². The maximum Gasteiger partial charge on any atom is 0.279 e. The molecule has 7 nitrogen and oxygen atoms in total. The molecule has 0 spiro atoms. The number of benzene rings is 3. The molecular weight excluding hydrogens is 368 g/mol. The summed E-state index contributed by atoms with van der Waals surface area (Å²) in [6, 6.07) is 21.1. The second-order valence-electron chi connectivity index (χ2n) is 6.45. The van der Waals surface area contributed by atoms with Crippen LogP contribution in [-0.4, -0.2) is 15.7 Å². The van der Waals surface area contributed by atoms with Gasteiger partial charge >= 0.3 is 0 Å². The van der Waals surface area contributed by atoms with E-state index < -0.39 is 0 Å². The Morgan fingerprint density at radius 2 is 1.66 bits per heavy atom. The fourth-order valence-electron chi connectivity index (χ4n) is 3.21. The van der Waals surface area contributed by atoms with Crippen LogP contribution < -0.4 is 10.9 Å². The third kappa shape index (κ3) is 3.41. The summed E-state index contributed by atoms with van der Waals surface area (Å²) in [5, 5.41) is 11.4. The van der Waals surface area contributed by atoms with Gasteiger partial charge in [0, 0.05) is 23.6 Å². The number of carbonyl (C=O) groups is 1. The standard InChI is InChI=1S/C22H16N4O3/c1-14(27)23-16-11-12-19(25-29)20(13-16)26-22(28)18-10-6-5-9-17(18)21(24-26)15-7-3-2-4-8-15/h2-13H,1H3,(H,23,27). The van der Waals surface area contributed by atoms with Crippen molar-refractivity contribution in [1.29, 1.82) is 0 Å². The predicted octanol–water partition coefficient (Wildman–Crippen LogP) is 4.41.